The number of hydrogen-bond donors (Lipinski definition) is 1. The minimum atomic E-state index is -0.939. The van der Waals surface area contributed by atoms with Gasteiger partial charge in [0.15, 0.2) is 24.2 Å². The van der Waals surface area contributed by atoms with Gasteiger partial charge in [-0.05, 0) is 13.3 Å². The lowest BCUT2D eigenvalue weighted by Crippen LogP contribution is -2.44. The molecular weight excluding hydrogens is 318 g/mol. The summed E-state index contributed by atoms with van der Waals surface area (Å²) in [5.74, 6) is -1.23. The highest BCUT2D eigenvalue weighted by molar-refractivity contribution is 5.93. The van der Waals surface area contributed by atoms with Crippen molar-refractivity contribution < 1.29 is 33.7 Å². The molecule has 2 aliphatic rings. The molecule has 0 aromatic carbocycles. The molecular formula is C16H21NO7. The van der Waals surface area contributed by atoms with Gasteiger partial charge in [0.05, 0.1) is 6.61 Å². The zero-order valence-electron chi connectivity index (χ0n) is 13.8. The topological polar surface area (TPSA) is 102 Å². The fourth-order valence-electron chi connectivity index (χ4n) is 2.72. The smallest absolute Gasteiger partial charge is 0.303 e. The van der Waals surface area contributed by atoms with Crippen LogP contribution < -0.4 is 0 Å². The molecule has 8 nitrogen and oxygen atoms in total. The van der Waals surface area contributed by atoms with Crippen molar-refractivity contribution in [3.63, 3.8) is 0 Å². The van der Waals surface area contributed by atoms with Crippen molar-refractivity contribution in [1.82, 2.24) is 4.90 Å². The summed E-state index contributed by atoms with van der Waals surface area (Å²) in [4.78, 5) is 35.9. The quantitative estimate of drug-likeness (QED) is 0.712. The summed E-state index contributed by atoms with van der Waals surface area (Å²) < 4.78 is 16.2. The van der Waals surface area contributed by atoms with E-state index in [1.807, 2.05) is 0 Å². The van der Waals surface area contributed by atoms with Crippen LogP contribution in [0.3, 0.4) is 0 Å². The van der Waals surface area contributed by atoms with Crippen LogP contribution in [-0.2, 0) is 28.6 Å². The van der Waals surface area contributed by atoms with Gasteiger partial charge in [0.25, 0.3) is 0 Å². The summed E-state index contributed by atoms with van der Waals surface area (Å²) in [5, 5.41) is 9.49. The van der Waals surface area contributed by atoms with Gasteiger partial charge >= 0.3 is 11.9 Å². The van der Waals surface area contributed by atoms with E-state index in [0.717, 1.165) is 0 Å². The molecule has 1 N–H and O–H groups in total. The first kappa shape index (κ1) is 18.2. The lowest BCUT2D eigenvalue weighted by Gasteiger charge is -2.30. The maximum Gasteiger partial charge on any atom is 0.303 e. The van der Waals surface area contributed by atoms with Crippen LogP contribution in [0.2, 0.25) is 0 Å². The number of aliphatic hydroxyl groups excluding tert-OH is 1. The zero-order valence-corrected chi connectivity index (χ0v) is 13.8. The second kappa shape index (κ2) is 7.59. The van der Waals surface area contributed by atoms with Crippen molar-refractivity contribution >= 4 is 17.7 Å². The molecule has 0 aromatic rings. The molecule has 0 spiro atoms. The predicted octanol–water partition coefficient (Wildman–Crippen LogP) is 0.259. The number of ether oxygens (including phenoxy) is 3. The molecule has 0 aliphatic carbocycles. The summed E-state index contributed by atoms with van der Waals surface area (Å²) in [6, 6.07) is 0. The van der Waals surface area contributed by atoms with Gasteiger partial charge in [0.2, 0.25) is 0 Å². The van der Waals surface area contributed by atoms with Crippen LogP contribution in [0, 0.1) is 0 Å². The van der Waals surface area contributed by atoms with E-state index in [1.54, 1.807) is 23.4 Å². The minimum absolute atomic E-state index is 0.0818. The Morgan fingerprint density at radius 3 is 2.38 bits per heavy atom. The van der Waals surface area contributed by atoms with E-state index in [9.17, 15) is 19.5 Å². The van der Waals surface area contributed by atoms with Crippen molar-refractivity contribution in [2.24, 2.45) is 0 Å². The Labute approximate surface area is 139 Å². The molecule has 132 valence electrons. The second-order valence-corrected chi connectivity index (χ2v) is 5.64. The van der Waals surface area contributed by atoms with E-state index < -0.39 is 43.1 Å². The van der Waals surface area contributed by atoms with E-state index in [-0.39, 0.29) is 5.78 Å². The summed E-state index contributed by atoms with van der Waals surface area (Å²) in [5.41, 5.74) is 0.569. The van der Waals surface area contributed by atoms with Gasteiger partial charge in [-0.15, -0.1) is 0 Å². The van der Waals surface area contributed by atoms with E-state index in [1.165, 1.54) is 20.8 Å². The van der Waals surface area contributed by atoms with Crippen molar-refractivity contribution in [2.75, 3.05) is 6.61 Å². The van der Waals surface area contributed by atoms with Crippen LogP contribution in [0.4, 0.5) is 0 Å². The molecule has 1 fully saturated rings. The standard InChI is InChI=1S/C16H21NO7/c1-9(19)12-5-4-6-17(7-12)16-15(23-11(3)21)14(22-10(2)20)13(8-18)24-16/h4,6-7,13-16,18H,5,8H2,1-3H3/t13-,14-,15-,16-/m1/s1. The predicted molar refractivity (Wildman–Crippen MR) is 81.2 cm³/mol. The molecule has 24 heavy (non-hydrogen) atoms. The highest BCUT2D eigenvalue weighted by Crippen LogP contribution is 2.31. The highest BCUT2D eigenvalue weighted by atomic mass is 16.6. The van der Waals surface area contributed by atoms with Crippen LogP contribution in [0.5, 0.6) is 0 Å². The highest BCUT2D eigenvalue weighted by Gasteiger charge is 2.50. The van der Waals surface area contributed by atoms with Crippen molar-refractivity contribution in [3.8, 4) is 0 Å². The third-order valence-electron chi connectivity index (χ3n) is 3.74. The lowest BCUT2D eigenvalue weighted by molar-refractivity contribution is -0.166. The SMILES string of the molecule is CC(=O)O[C@@H]1[C@H](OC(C)=O)[C@@H](CO)O[C@H]1N1C=CCC(C(C)=O)=C1. The van der Waals surface area contributed by atoms with Crippen LogP contribution in [0.25, 0.3) is 0 Å². The maximum absolute atomic E-state index is 11.6. The van der Waals surface area contributed by atoms with Gasteiger partial charge in [-0.2, -0.15) is 0 Å². The maximum atomic E-state index is 11.6. The van der Waals surface area contributed by atoms with Gasteiger partial charge in [-0.25, -0.2) is 0 Å². The molecule has 0 bridgehead atoms. The van der Waals surface area contributed by atoms with E-state index in [4.69, 9.17) is 14.2 Å². The van der Waals surface area contributed by atoms with Crippen molar-refractivity contribution in [3.05, 3.63) is 24.0 Å². The number of aliphatic hydroxyl groups is 1. The molecule has 2 heterocycles. The number of rotatable bonds is 5. The van der Waals surface area contributed by atoms with Crippen LogP contribution in [0.15, 0.2) is 24.0 Å². The largest absolute Gasteiger partial charge is 0.456 e. The van der Waals surface area contributed by atoms with Gasteiger partial charge in [0.1, 0.15) is 6.10 Å². The Bertz CT molecular complexity index is 583. The Morgan fingerprint density at radius 1 is 1.21 bits per heavy atom. The molecule has 0 aromatic heterocycles. The summed E-state index contributed by atoms with van der Waals surface area (Å²) in [6.07, 6.45) is 2.04. The molecule has 2 rings (SSSR count). The summed E-state index contributed by atoms with van der Waals surface area (Å²) >= 11 is 0. The van der Waals surface area contributed by atoms with E-state index in [2.05, 4.69) is 0 Å². The molecule has 0 radical (unpaired) electrons. The Kier molecular flexibility index (Phi) is 5.74. The molecule has 8 heteroatoms. The lowest BCUT2D eigenvalue weighted by atomic mass is 10.1. The Hall–Kier alpha value is -2.19. The first-order chi connectivity index (χ1) is 11.3. The number of allylic oxidation sites excluding steroid dienone is 2. The van der Waals surface area contributed by atoms with Gasteiger partial charge in [0, 0.05) is 31.8 Å². The zero-order chi connectivity index (χ0) is 17.9. The third kappa shape index (κ3) is 4.01. The average molecular weight is 339 g/mol. The molecule has 4 atom stereocenters. The monoisotopic (exact) mass is 339 g/mol. The Morgan fingerprint density at radius 2 is 1.83 bits per heavy atom. The van der Waals surface area contributed by atoms with Gasteiger partial charge in [-0.3, -0.25) is 14.4 Å². The number of ketones is 1. The average Bonchev–Trinajstić information content (AvgIpc) is 2.84. The number of carbonyl (C=O) groups excluding carboxylic acids is 3. The van der Waals surface area contributed by atoms with Crippen LogP contribution >= 0.6 is 0 Å². The van der Waals surface area contributed by atoms with Crippen LogP contribution in [-0.4, -0.2) is 58.9 Å². The summed E-state index contributed by atoms with van der Waals surface area (Å²) in [6.45, 7) is 3.51. The number of nitrogens with zero attached hydrogens (tertiary/aromatic N) is 1. The molecule has 1 saturated heterocycles. The minimum Gasteiger partial charge on any atom is -0.456 e. The van der Waals surface area contributed by atoms with Crippen molar-refractivity contribution in [2.45, 2.75) is 51.7 Å². The first-order valence-corrected chi connectivity index (χ1v) is 7.60. The number of esters is 2. The normalized spacial score (nSPS) is 29.2. The molecule has 2 aliphatic heterocycles. The van der Waals surface area contributed by atoms with Crippen molar-refractivity contribution in [1.29, 1.82) is 0 Å². The number of carbonyl (C=O) groups is 3. The third-order valence-corrected chi connectivity index (χ3v) is 3.74. The van der Waals surface area contributed by atoms with E-state index in [0.29, 0.717) is 12.0 Å². The molecule has 0 unspecified atom stereocenters. The van der Waals surface area contributed by atoms with Gasteiger partial charge in [-0.1, -0.05) is 6.08 Å². The fraction of sp³-hybridized carbons (Fsp3) is 0.562. The van der Waals surface area contributed by atoms with Crippen LogP contribution in [0.1, 0.15) is 27.2 Å². The number of hydrogen-bond acceptors (Lipinski definition) is 8. The second-order valence-electron chi connectivity index (χ2n) is 5.64. The summed E-state index contributed by atoms with van der Waals surface area (Å²) in [7, 11) is 0. The molecule has 0 saturated carbocycles. The molecule has 0 amide bonds. The Balaban J connectivity index is 2.30. The first-order valence-electron chi connectivity index (χ1n) is 7.60. The van der Waals surface area contributed by atoms with E-state index >= 15 is 0 Å². The number of Topliss-reactive ketones (excluding diaryl/α,β-unsaturated/α-hetero) is 1. The fourth-order valence-corrected chi connectivity index (χ4v) is 2.72. The van der Waals surface area contributed by atoms with Gasteiger partial charge < -0.3 is 24.2 Å².